The molecule has 1 aromatic rings. The van der Waals surface area contributed by atoms with E-state index in [1.807, 2.05) is 30.3 Å². The summed E-state index contributed by atoms with van der Waals surface area (Å²) < 4.78 is 0. The van der Waals surface area contributed by atoms with Crippen LogP contribution in [0.5, 0.6) is 0 Å². The van der Waals surface area contributed by atoms with E-state index < -0.39 is 0 Å². The van der Waals surface area contributed by atoms with Crippen LogP contribution in [0.15, 0.2) is 30.3 Å². The van der Waals surface area contributed by atoms with Gasteiger partial charge in [-0.25, -0.2) is 0 Å². The summed E-state index contributed by atoms with van der Waals surface area (Å²) in [5, 5.41) is 4.03. The monoisotopic (exact) mass is 480 g/mol. The summed E-state index contributed by atoms with van der Waals surface area (Å²) in [5.74, 6) is 1.48. The first-order valence-electron chi connectivity index (χ1n) is 13.0. The summed E-state index contributed by atoms with van der Waals surface area (Å²) >= 11 is 5.94. The van der Waals surface area contributed by atoms with E-state index in [1.165, 1.54) is 0 Å². The SMILES string of the molecule is CC1(C)[C@@H]2CC[C@@]1(C)C(=O)[C@@H]2CN(C[C@H]1C(=O)[C@]2(C)CC[C@@H]1C2(C)C)C(=S)Nc1ccccc1. The number of hydrogen-bond acceptors (Lipinski definition) is 3. The standard InChI is InChI=1S/C29H40N2O2S/c1-26(2)21-12-14-28(26,5)23(32)19(21)16-31(25(34)30-18-10-8-7-9-11-18)17-20-22-13-15-29(6,24(20)33)27(22,3)4/h7-11,19-22H,12-17H2,1-6H3,(H,30,34)/t19-,20-,21-,22+,28+,29+/m1/s1. The van der Waals surface area contributed by atoms with Crippen LogP contribution >= 0.6 is 12.2 Å². The average Bonchev–Trinajstić information content (AvgIpc) is 3.26. The molecule has 0 saturated heterocycles. The summed E-state index contributed by atoms with van der Waals surface area (Å²) in [7, 11) is 0. The minimum Gasteiger partial charge on any atom is -0.348 e. The van der Waals surface area contributed by atoms with Crippen molar-refractivity contribution in [2.45, 2.75) is 67.2 Å². The lowest BCUT2D eigenvalue weighted by Gasteiger charge is -2.36. The molecule has 0 amide bonds. The van der Waals surface area contributed by atoms with E-state index in [9.17, 15) is 9.59 Å². The van der Waals surface area contributed by atoms with E-state index in [4.69, 9.17) is 12.2 Å². The Morgan fingerprint density at radius 2 is 1.29 bits per heavy atom. The minimum atomic E-state index is -0.250. The van der Waals surface area contributed by atoms with Gasteiger partial charge in [-0.05, 0) is 72.7 Å². The van der Waals surface area contributed by atoms with Crippen LogP contribution in [-0.4, -0.2) is 34.7 Å². The van der Waals surface area contributed by atoms with Gasteiger partial charge in [-0.2, -0.15) is 0 Å². The van der Waals surface area contributed by atoms with Crippen molar-refractivity contribution in [2.75, 3.05) is 18.4 Å². The van der Waals surface area contributed by atoms with E-state index in [-0.39, 0.29) is 33.5 Å². The predicted molar refractivity (Wildman–Crippen MR) is 140 cm³/mol. The van der Waals surface area contributed by atoms with Gasteiger partial charge in [-0.15, -0.1) is 0 Å². The fraction of sp³-hybridized carbons (Fsp3) is 0.690. The van der Waals surface area contributed by atoms with E-state index in [2.05, 4.69) is 51.8 Å². The van der Waals surface area contributed by atoms with Gasteiger partial charge in [0.2, 0.25) is 0 Å². The maximum Gasteiger partial charge on any atom is 0.173 e. The first-order chi connectivity index (χ1) is 15.8. The highest BCUT2D eigenvalue weighted by atomic mass is 32.1. The first-order valence-corrected chi connectivity index (χ1v) is 13.4. The molecule has 1 N–H and O–H groups in total. The number of para-hydroxylation sites is 1. The largest absolute Gasteiger partial charge is 0.348 e. The zero-order valence-electron chi connectivity index (χ0n) is 21.6. The van der Waals surface area contributed by atoms with Crippen LogP contribution in [0.4, 0.5) is 5.69 Å². The molecule has 0 radical (unpaired) electrons. The van der Waals surface area contributed by atoms with Crippen molar-refractivity contribution in [3.8, 4) is 0 Å². The van der Waals surface area contributed by atoms with Crippen LogP contribution in [0.2, 0.25) is 0 Å². The van der Waals surface area contributed by atoms with E-state index >= 15 is 0 Å². The van der Waals surface area contributed by atoms with Crippen molar-refractivity contribution >= 4 is 34.6 Å². The molecular formula is C29H40N2O2S. The lowest BCUT2D eigenvalue weighted by atomic mass is 9.70. The third-order valence-corrected chi connectivity index (χ3v) is 11.8. The van der Waals surface area contributed by atoms with Crippen LogP contribution in [0.3, 0.4) is 0 Å². The number of Topliss-reactive ketones (excluding diaryl/α,β-unsaturated/α-hetero) is 2. The number of hydrogen-bond donors (Lipinski definition) is 1. The van der Waals surface area contributed by atoms with Crippen LogP contribution in [-0.2, 0) is 9.59 Å². The second kappa shape index (κ2) is 7.62. The smallest absolute Gasteiger partial charge is 0.173 e. The molecule has 4 aliphatic carbocycles. The van der Waals surface area contributed by atoms with Crippen molar-refractivity contribution in [3.05, 3.63) is 30.3 Å². The molecule has 4 saturated carbocycles. The second-order valence-electron chi connectivity index (χ2n) is 13.0. The fourth-order valence-electron chi connectivity index (χ4n) is 8.41. The number of nitrogens with one attached hydrogen (secondary N) is 1. The summed E-state index contributed by atoms with van der Waals surface area (Å²) in [6.07, 6.45) is 4.18. The molecule has 184 valence electrons. The normalized spacial score (nSPS) is 39.0. The van der Waals surface area contributed by atoms with Crippen LogP contribution in [0.25, 0.3) is 0 Å². The number of nitrogens with zero attached hydrogens (tertiary/aromatic N) is 1. The fourth-order valence-corrected chi connectivity index (χ4v) is 8.67. The summed E-state index contributed by atoms with van der Waals surface area (Å²) in [6.45, 7) is 14.6. The maximum absolute atomic E-state index is 13.6. The van der Waals surface area contributed by atoms with Gasteiger partial charge in [0.15, 0.2) is 5.11 Å². The molecule has 4 fully saturated rings. The van der Waals surface area contributed by atoms with E-state index in [1.54, 1.807) is 0 Å². The van der Waals surface area contributed by atoms with Gasteiger partial charge in [0.25, 0.3) is 0 Å². The Balaban J connectivity index is 1.43. The lowest BCUT2D eigenvalue weighted by Crippen LogP contribution is -2.47. The molecule has 4 bridgehead atoms. The highest BCUT2D eigenvalue weighted by Crippen LogP contribution is 2.67. The van der Waals surface area contributed by atoms with Crippen molar-refractivity contribution < 1.29 is 9.59 Å². The topological polar surface area (TPSA) is 49.4 Å². The van der Waals surface area contributed by atoms with Gasteiger partial charge >= 0.3 is 0 Å². The molecule has 0 spiro atoms. The Morgan fingerprint density at radius 1 is 0.853 bits per heavy atom. The molecule has 5 rings (SSSR count). The minimum absolute atomic E-state index is 0.00656. The van der Waals surface area contributed by atoms with Gasteiger partial charge in [-0.1, -0.05) is 59.7 Å². The zero-order valence-corrected chi connectivity index (χ0v) is 22.4. The van der Waals surface area contributed by atoms with Gasteiger partial charge in [-0.3, -0.25) is 9.59 Å². The zero-order chi connectivity index (χ0) is 24.7. The third kappa shape index (κ3) is 3.04. The first kappa shape index (κ1) is 24.0. The summed E-state index contributed by atoms with van der Waals surface area (Å²) in [5.41, 5.74) is 0.454. The number of anilines is 1. The Bertz CT molecular complexity index is 978. The summed E-state index contributed by atoms with van der Waals surface area (Å²) in [4.78, 5) is 29.5. The number of carbonyl (C=O) groups is 2. The highest BCUT2D eigenvalue weighted by Gasteiger charge is 2.68. The Morgan fingerprint density at radius 3 is 1.68 bits per heavy atom. The molecular weight excluding hydrogens is 440 g/mol. The van der Waals surface area contributed by atoms with Crippen molar-refractivity contribution in [2.24, 2.45) is 45.3 Å². The molecule has 0 unspecified atom stereocenters. The number of fused-ring (bicyclic) bond motifs is 4. The molecule has 34 heavy (non-hydrogen) atoms. The number of ketones is 2. The van der Waals surface area contributed by atoms with Crippen LogP contribution in [0, 0.1) is 45.3 Å². The van der Waals surface area contributed by atoms with E-state index in [0.717, 1.165) is 31.4 Å². The van der Waals surface area contributed by atoms with Gasteiger partial charge < -0.3 is 10.2 Å². The molecule has 0 heterocycles. The molecule has 4 aliphatic rings. The van der Waals surface area contributed by atoms with Gasteiger partial charge in [0.1, 0.15) is 11.6 Å². The van der Waals surface area contributed by atoms with Crippen LogP contribution < -0.4 is 5.32 Å². The quantitative estimate of drug-likeness (QED) is 0.526. The predicted octanol–water partition coefficient (Wildman–Crippen LogP) is 5.97. The molecule has 6 atom stereocenters. The third-order valence-electron chi connectivity index (χ3n) is 11.5. The number of rotatable bonds is 5. The number of thiocarbonyl (C=S) groups is 1. The molecule has 5 heteroatoms. The van der Waals surface area contributed by atoms with Gasteiger partial charge in [0, 0.05) is 41.4 Å². The molecule has 0 aromatic heterocycles. The summed E-state index contributed by atoms with van der Waals surface area (Å²) in [6, 6.07) is 9.97. The Kier molecular flexibility index (Phi) is 5.37. The number of benzene rings is 1. The molecule has 1 aromatic carbocycles. The number of carbonyl (C=O) groups excluding carboxylic acids is 2. The van der Waals surface area contributed by atoms with Crippen molar-refractivity contribution in [3.63, 3.8) is 0 Å². The highest BCUT2D eigenvalue weighted by molar-refractivity contribution is 7.80. The van der Waals surface area contributed by atoms with Crippen molar-refractivity contribution in [1.82, 2.24) is 4.90 Å². The van der Waals surface area contributed by atoms with Crippen molar-refractivity contribution in [1.29, 1.82) is 0 Å². The Hall–Kier alpha value is -1.75. The van der Waals surface area contributed by atoms with Crippen LogP contribution in [0.1, 0.15) is 67.2 Å². The average molecular weight is 481 g/mol. The second-order valence-corrected chi connectivity index (χ2v) is 13.4. The maximum atomic E-state index is 13.6. The Labute approximate surface area is 210 Å². The molecule has 4 nitrogen and oxygen atoms in total. The molecule has 0 aliphatic heterocycles. The van der Waals surface area contributed by atoms with Gasteiger partial charge in [0.05, 0.1) is 0 Å². The van der Waals surface area contributed by atoms with E-state index in [0.29, 0.717) is 41.6 Å². The lowest BCUT2D eigenvalue weighted by molar-refractivity contribution is -0.132.